The van der Waals surface area contributed by atoms with Gasteiger partial charge >= 0.3 is 0 Å². The fourth-order valence-electron chi connectivity index (χ4n) is 3.00. The molecule has 158 valence electrons. The van der Waals surface area contributed by atoms with Crippen molar-refractivity contribution in [3.63, 3.8) is 0 Å². The molecule has 0 fully saturated rings. The number of rotatable bonds is 6. The smallest absolute Gasteiger partial charge is 0.264 e. The van der Waals surface area contributed by atoms with Gasteiger partial charge in [0.05, 0.1) is 0 Å². The maximum absolute atomic E-state index is 12.6. The molecule has 1 amide bonds. The Kier molecular flexibility index (Phi) is 5.97. The molecular weight excluding hydrogens is 436 g/mol. The molecule has 0 unspecified atom stereocenters. The zero-order valence-corrected chi connectivity index (χ0v) is 18.4. The maximum Gasteiger partial charge on any atom is 0.264 e. The topological polar surface area (TPSA) is 112 Å². The van der Waals surface area contributed by atoms with Crippen LogP contribution in [0.25, 0.3) is 22.8 Å². The van der Waals surface area contributed by atoms with Crippen LogP contribution < -0.4 is 11.1 Å². The summed E-state index contributed by atoms with van der Waals surface area (Å²) in [6.45, 7) is 1.88. The SMILES string of the molecule is CSc1nn(CC(=O)Nc2ccccc2C)c(N)c1-c1nc(-c2ccc(Cl)cc2)no1. The fraction of sp³-hybridized carbons (Fsp3) is 0.143. The van der Waals surface area contributed by atoms with Crippen molar-refractivity contribution in [2.24, 2.45) is 0 Å². The highest BCUT2D eigenvalue weighted by Gasteiger charge is 2.24. The molecule has 0 spiro atoms. The minimum absolute atomic E-state index is 0.0497. The highest BCUT2D eigenvalue weighted by Crippen LogP contribution is 2.35. The van der Waals surface area contributed by atoms with Crippen LogP contribution in [0.1, 0.15) is 5.56 Å². The fourth-order valence-corrected chi connectivity index (χ4v) is 3.70. The van der Waals surface area contributed by atoms with Gasteiger partial charge in [0.2, 0.25) is 11.7 Å². The Labute approximate surface area is 187 Å². The molecule has 0 aliphatic heterocycles. The molecule has 4 rings (SSSR count). The van der Waals surface area contributed by atoms with Crippen LogP contribution in [0.15, 0.2) is 58.1 Å². The zero-order valence-electron chi connectivity index (χ0n) is 16.8. The predicted octanol–water partition coefficient (Wildman–Crippen LogP) is 4.50. The lowest BCUT2D eigenvalue weighted by Crippen LogP contribution is -2.21. The minimum Gasteiger partial charge on any atom is -0.383 e. The molecule has 31 heavy (non-hydrogen) atoms. The van der Waals surface area contributed by atoms with Crippen LogP contribution in [0.3, 0.4) is 0 Å². The van der Waals surface area contributed by atoms with Gasteiger partial charge < -0.3 is 15.6 Å². The van der Waals surface area contributed by atoms with Gasteiger partial charge in [-0.3, -0.25) is 4.79 Å². The molecule has 8 nitrogen and oxygen atoms in total. The van der Waals surface area contributed by atoms with E-state index in [0.717, 1.165) is 16.8 Å². The summed E-state index contributed by atoms with van der Waals surface area (Å²) in [5.41, 5.74) is 9.29. The number of aryl methyl sites for hydroxylation is 1. The number of hydrogen-bond acceptors (Lipinski definition) is 7. The lowest BCUT2D eigenvalue weighted by Gasteiger charge is -2.08. The molecular formula is C21H19ClN6O2S. The van der Waals surface area contributed by atoms with Crippen molar-refractivity contribution in [3.05, 3.63) is 59.1 Å². The van der Waals surface area contributed by atoms with Gasteiger partial charge in [-0.1, -0.05) is 35.0 Å². The Hall–Kier alpha value is -3.30. The number of para-hydroxylation sites is 1. The van der Waals surface area contributed by atoms with E-state index in [2.05, 4.69) is 20.6 Å². The Morgan fingerprint density at radius 1 is 1.23 bits per heavy atom. The van der Waals surface area contributed by atoms with E-state index in [1.807, 2.05) is 37.4 Å². The Morgan fingerprint density at radius 3 is 2.68 bits per heavy atom. The molecule has 0 aliphatic carbocycles. The summed E-state index contributed by atoms with van der Waals surface area (Å²) in [5, 5.41) is 12.6. The number of carbonyl (C=O) groups excluding carboxylic acids is 1. The third-order valence-electron chi connectivity index (χ3n) is 4.61. The maximum atomic E-state index is 12.6. The van der Waals surface area contributed by atoms with Gasteiger partial charge in [-0.2, -0.15) is 10.1 Å². The molecule has 0 saturated carbocycles. The minimum atomic E-state index is -0.241. The van der Waals surface area contributed by atoms with E-state index in [0.29, 0.717) is 21.4 Å². The quantitative estimate of drug-likeness (QED) is 0.412. The number of thioether (sulfide) groups is 1. The third-order valence-corrected chi connectivity index (χ3v) is 5.53. The van der Waals surface area contributed by atoms with Crippen molar-refractivity contribution in [2.45, 2.75) is 18.5 Å². The molecule has 10 heteroatoms. The number of hydrogen-bond donors (Lipinski definition) is 2. The number of nitrogens with zero attached hydrogens (tertiary/aromatic N) is 4. The van der Waals surface area contributed by atoms with E-state index in [1.165, 1.54) is 16.4 Å². The normalized spacial score (nSPS) is 10.9. The molecule has 3 N–H and O–H groups in total. The first kappa shape index (κ1) is 21.0. The Morgan fingerprint density at radius 2 is 1.97 bits per heavy atom. The highest BCUT2D eigenvalue weighted by atomic mass is 35.5. The molecule has 4 aromatic rings. The Balaban J connectivity index is 1.59. The van der Waals surface area contributed by atoms with E-state index in [4.69, 9.17) is 21.9 Å². The molecule has 2 heterocycles. The van der Waals surface area contributed by atoms with Crippen LogP contribution in [-0.4, -0.2) is 32.1 Å². The molecule has 0 atom stereocenters. The molecule has 0 aliphatic rings. The molecule has 0 saturated heterocycles. The average molecular weight is 455 g/mol. The van der Waals surface area contributed by atoms with E-state index >= 15 is 0 Å². The standard InChI is InChI=1S/C21H19ClN6O2S/c1-12-5-3-4-6-15(12)24-16(29)11-28-18(23)17(21(26-28)31-2)20-25-19(27-30-20)13-7-9-14(22)10-8-13/h3-10H,11,23H2,1-2H3,(H,24,29). The summed E-state index contributed by atoms with van der Waals surface area (Å²) in [5.74, 6) is 0.672. The first-order valence-electron chi connectivity index (χ1n) is 9.32. The third kappa shape index (κ3) is 4.42. The first-order valence-corrected chi connectivity index (χ1v) is 10.9. The van der Waals surface area contributed by atoms with Gasteiger partial charge in [0.1, 0.15) is 23.0 Å². The van der Waals surface area contributed by atoms with Crippen LogP contribution in [0.2, 0.25) is 5.02 Å². The number of aromatic nitrogens is 4. The number of nitrogens with one attached hydrogen (secondary N) is 1. The van der Waals surface area contributed by atoms with Crippen molar-refractivity contribution in [1.29, 1.82) is 0 Å². The van der Waals surface area contributed by atoms with Crippen LogP contribution in [0.4, 0.5) is 11.5 Å². The van der Waals surface area contributed by atoms with Crippen molar-refractivity contribution in [3.8, 4) is 22.8 Å². The van der Waals surface area contributed by atoms with Gasteiger partial charge in [0.15, 0.2) is 0 Å². The van der Waals surface area contributed by atoms with Crippen molar-refractivity contribution >= 4 is 40.8 Å². The van der Waals surface area contributed by atoms with Crippen molar-refractivity contribution < 1.29 is 9.32 Å². The van der Waals surface area contributed by atoms with Gasteiger partial charge in [0, 0.05) is 16.3 Å². The molecule has 0 radical (unpaired) electrons. The van der Waals surface area contributed by atoms with Gasteiger partial charge in [-0.15, -0.1) is 11.8 Å². The van der Waals surface area contributed by atoms with Crippen molar-refractivity contribution in [2.75, 3.05) is 17.3 Å². The van der Waals surface area contributed by atoms with Gasteiger partial charge in [-0.05, 0) is 49.1 Å². The Bertz CT molecular complexity index is 1240. The van der Waals surface area contributed by atoms with Crippen LogP contribution in [-0.2, 0) is 11.3 Å². The van der Waals surface area contributed by atoms with Gasteiger partial charge in [0.25, 0.3) is 5.89 Å². The summed E-state index contributed by atoms with van der Waals surface area (Å²) >= 11 is 7.31. The largest absolute Gasteiger partial charge is 0.383 e. The number of carbonyl (C=O) groups is 1. The van der Waals surface area contributed by atoms with E-state index in [-0.39, 0.29) is 24.2 Å². The first-order chi connectivity index (χ1) is 15.0. The van der Waals surface area contributed by atoms with E-state index in [1.54, 1.807) is 24.3 Å². The number of halogens is 1. The second-order valence-corrected chi connectivity index (χ2v) is 7.95. The molecule has 2 aromatic carbocycles. The predicted molar refractivity (Wildman–Crippen MR) is 122 cm³/mol. The number of anilines is 2. The highest BCUT2D eigenvalue weighted by molar-refractivity contribution is 7.98. The zero-order chi connectivity index (χ0) is 22.0. The summed E-state index contributed by atoms with van der Waals surface area (Å²) in [6.07, 6.45) is 1.86. The number of nitrogen functional groups attached to an aromatic ring is 1. The van der Waals surface area contributed by atoms with E-state index < -0.39 is 0 Å². The lowest BCUT2D eigenvalue weighted by molar-refractivity contribution is -0.116. The van der Waals surface area contributed by atoms with Crippen molar-refractivity contribution in [1.82, 2.24) is 19.9 Å². The lowest BCUT2D eigenvalue weighted by atomic mass is 10.2. The second-order valence-electron chi connectivity index (χ2n) is 6.72. The number of amides is 1. The van der Waals surface area contributed by atoms with E-state index in [9.17, 15) is 4.79 Å². The monoisotopic (exact) mass is 454 g/mol. The van der Waals surface area contributed by atoms with Crippen LogP contribution in [0, 0.1) is 6.92 Å². The molecule has 2 aromatic heterocycles. The van der Waals surface area contributed by atoms with Gasteiger partial charge in [-0.25, -0.2) is 4.68 Å². The van der Waals surface area contributed by atoms with Crippen LogP contribution >= 0.6 is 23.4 Å². The second kappa shape index (κ2) is 8.83. The summed E-state index contributed by atoms with van der Waals surface area (Å²) in [6, 6.07) is 14.6. The van der Waals surface area contributed by atoms with Crippen LogP contribution in [0.5, 0.6) is 0 Å². The molecule has 0 bridgehead atoms. The summed E-state index contributed by atoms with van der Waals surface area (Å²) < 4.78 is 6.88. The summed E-state index contributed by atoms with van der Waals surface area (Å²) in [7, 11) is 0. The number of nitrogens with two attached hydrogens (primary N) is 1. The average Bonchev–Trinajstić information content (AvgIpc) is 3.35. The summed E-state index contributed by atoms with van der Waals surface area (Å²) in [4.78, 5) is 17.0. The number of benzene rings is 2.